The smallest absolute Gasteiger partial charge is 0.224 e. The van der Waals surface area contributed by atoms with Crippen molar-refractivity contribution in [2.75, 3.05) is 11.5 Å². The summed E-state index contributed by atoms with van der Waals surface area (Å²) < 4.78 is 22.5. The van der Waals surface area contributed by atoms with Gasteiger partial charge in [0.05, 0.1) is 17.9 Å². The van der Waals surface area contributed by atoms with Crippen molar-refractivity contribution in [2.24, 2.45) is 0 Å². The zero-order chi connectivity index (χ0) is 13.2. The van der Waals surface area contributed by atoms with Crippen molar-refractivity contribution in [1.29, 1.82) is 0 Å². The number of rotatable bonds is 3. The second kappa shape index (κ2) is 5.32. The first-order chi connectivity index (χ1) is 8.44. The lowest BCUT2D eigenvalue weighted by Crippen LogP contribution is -2.36. The van der Waals surface area contributed by atoms with E-state index in [0.29, 0.717) is 6.42 Å². The molecular weight excluding hydrogens is 270 g/mol. The van der Waals surface area contributed by atoms with E-state index in [2.05, 4.69) is 17.9 Å². The van der Waals surface area contributed by atoms with Crippen LogP contribution in [0.1, 0.15) is 12.0 Å². The zero-order valence-corrected chi connectivity index (χ0v) is 11.5. The highest BCUT2D eigenvalue weighted by Gasteiger charge is 2.28. The van der Waals surface area contributed by atoms with Gasteiger partial charge in [-0.3, -0.25) is 4.79 Å². The molecule has 1 aliphatic heterocycles. The molecule has 1 unspecified atom stereocenters. The van der Waals surface area contributed by atoms with Gasteiger partial charge in [0.1, 0.15) is 0 Å². The van der Waals surface area contributed by atoms with Crippen molar-refractivity contribution in [3.63, 3.8) is 0 Å². The third kappa shape index (κ3) is 3.74. The maximum Gasteiger partial charge on any atom is 0.224 e. The summed E-state index contributed by atoms with van der Waals surface area (Å²) in [6.07, 6.45) is 0.786. The number of amides is 1. The summed E-state index contributed by atoms with van der Waals surface area (Å²) in [6.45, 7) is 0. The molecule has 1 amide bonds. The Kier molecular flexibility index (Phi) is 3.97. The lowest BCUT2D eigenvalue weighted by atomic mass is 10.1. The lowest BCUT2D eigenvalue weighted by molar-refractivity contribution is -0.120. The maximum absolute atomic E-state index is 11.7. The fraction of sp³-hybridized carbons (Fsp3) is 0.417. The standard InChI is InChI=1S/C12H15NO3S2/c14-12(7-9-1-3-11(17)4-2-9)13-10-5-6-18(15,16)8-10/h1-4,10,17H,5-8H2,(H,13,14). The van der Waals surface area contributed by atoms with Gasteiger partial charge in [0.25, 0.3) is 0 Å². The number of hydrogen-bond donors (Lipinski definition) is 2. The highest BCUT2D eigenvalue weighted by Crippen LogP contribution is 2.12. The molecule has 18 heavy (non-hydrogen) atoms. The molecule has 0 aromatic heterocycles. The van der Waals surface area contributed by atoms with Gasteiger partial charge in [-0.15, -0.1) is 12.6 Å². The molecule has 0 aliphatic carbocycles. The van der Waals surface area contributed by atoms with Crippen LogP contribution in [0.25, 0.3) is 0 Å². The van der Waals surface area contributed by atoms with Crippen LogP contribution in [0.3, 0.4) is 0 Å². The number of nitrogens with one attached hydrogen (secondary N) is 1. The molecule has 1 aromatic rings. The minimum Gasteiger partial charge on any atom is -0.352 e. The summed E-state index contributed by atoms with van der Waals surface area (Å²) in [7, 11) is -2.94. The van der Waals surface area contributed by atoms with E-state index in [4.69, 9.17) is 0 Å². The van der Waals surface area contributed by atoms with Crippen LogP contribution < -0.4 is 5.32 Å². The van der Waals surface area contributed by atoms with E-state index in [1.165, 1.54) is 0 Å². The van der Waals surface area contributed by atoms with E-state index in [1.807, 2.05) is 24.3 Å². The van der Waals surface area contributed by atoms with Crippen LogP contribution in [0.15, 0.2) is 29.2 Å². The quantitative estimate of drug-likeness (QED) is 0.808. The van der Waals surface area contributed by atoms with E-state index in [1.54, 1.807) is 0 Å². The summed E-state index contributed by atoms with van der Waals surface area (Å²) in [5.41, 5.74) is 0.895. The molecule has 6 heteroatoms. The van der Waals surface area contributed by atoms with Crippen LogP contribution in [0.2, 0.25) is 0 Å². The Bertz CT molecular complexity index is 537. The number of hydrogen-bond acceptors (Lipinski definition) is 4. The zero-order valence-electron chi connectivity index (χ0n) is 9.80. The monoisotopic (exact) mass is 285 g/mol. The van der Waals surface area contributed by atoms with Crippen molar-refractivity contribution in [1.82, 2.24) is 5.32 Å². The lowest BCUT2D eigenvalue weighted by Gasteiger charge is -2.10. The molecule has 1 aromatic carbocycles. The normalized spacial score (nSPS) is 21.7. The first kappa shape index (κ1) is 13.4. The molecule has 1 fully saturated rings. The third-order valence-electron chi connectivity index (χ3n) is 2.90. The topological polar surface area (TPSA) is 63.2 Å². The fourth-order valence-electron chi connectivity index (χ4n) is 1.99. The van der Waals surface area contributed by atoms with E-state index >= 15 is 0 Å². The van der Waals surface area contributed by atoms with Gasteiger partial charge in [0.2, 0.25) is 5.91 Å². The summed E-state index contributed by atoms with van der Waals surface area (Å²) in [5, 5.41) is 2.76. The van der Waals surface area contributed by atoms with Gasteiger partial charge < -0.3 is 5.32 Å². The van der Waals surface area contributed by atoms with Gasteiger partial charge in [0, 0.05) is 10.9 Å². The van der Waals surface area contributed by atoms with Gasteiger partial charge in [-0.2, -0.15) is 0 Å². The van der Waals surface area contributed by atoms with Gasteiger partial charge in [-0.1, -0.05) is 12.1 Å². The van der Waals surface area contributed by atoms with Crippen LogP contribution in [-0.4, -0.2) is 31.9 Å². The predicted molar refractivity (Wildman–Crippen MR) is 72.6 cm³/mol. The Balaban J connectivity index is 1.88. The first-order valence-electron chi connectivity index (χ1n) is 5.72. The van der Waals surface area contributed by atoms with Crippen LogP contribution in [-0.2, 0) is 21.1 Å². The number of carbonyl (C=O) groups excluding carboxylic acids is 1. The van der Waals surface area contributed by atoms with Crippen molar-refractivity contribution < 1.29 is 13.2 Å². The van der Waals surface area contributed by atoms with Crippen LogP contribution in [0, 0.1) is 0 Å². The average molecular weight is 285 g/mol. The Morgan fingerprint density at radius 1 is 1.33 bits per heavy atom. The van der Waals surface area contributed by atoms with E-state index in [9.17, 15) is 13.2 Å². The molecule has 1 N–H and O–H groups in total. The summed E-state index contributed by atoms with van der Waals surface area (Å²) in [5.74, 6) is 0.102. The molecule has 0 spiro atoms. The van der Waals surface area contributed by atoms with E-state index in [0.717, 1.165) is 10.5 Å². The minimum atomic E-state index is -2.94. The second-order valence-corrected chi connectivity index (χ2v) is 7.26. The van der Waals surface area contributed by atoms with E-state index < -0.39 is 9.84 Å². The SMILES string of the molecule is O=C(Cc1ccc(S)cc1)NC1CCS(=O)(=O)C1. The number of benzene rings is 1. The van der Waals surface area contributed by atoms with Gasteiger partial charge >= 0.3 is 0 Å². The molecule has 0 bridgehead atoms. The van der Waals surface area contributed by atoms with Gasteiger partial charge in [-0.25, -0.2) is 8.42 Å². The summed E-state index contributed by atoms with van der Waals surface area (Å²) >= 11 is 4.17. The maximum atomic E-state index is 11.7. The Morgan fingerprint density at radius 2 is 2.00 bits per heavy atom. The minimum absolute atomic E-state index is 0.0638. The van der Waals surface area contributed by atoms with Gasteiger partial charge in [-0.05, 0) is 24.1 Å². The van der Waals surface area contributed by atoms with Crippen LogP contribution in [0.5, 0.6) is 0 Å². The molecule has 0 radical (unpaired) electrons. The van der Waals surface area contributed by atoms with Crippen LogP contribution >= 0.6 is 12.6 Å². The number of thiol groups is 1. The Hall–Kier alpha value is -1.01. The van der Waals surface area contributed by atoms with E-state index in [-0.39, 0.29) is 29.9 Å². The molecule has 98 valence electrons. The third-order valence-corrected chi connectivity index (χ3v) is 4.96. The fourth-order valence-corrected chi connectivity index (χ4v) is 3.81. The highest BCUT2D eigenvalue weighted by atomic mass is 32.2. The Morgan fingerprint density at radius 3 is 2.56 bits per heavy atom. The van der Waals surface area contributed by atoms with Crippen LogP contribution in [0.4, 0.5) is 0 Å². The molecule has 0 saturated carbocycles. The van der Waals surface area contributed by atoms with Gasteiger partial charge in [0.15, 0.2) is 9.84 Å². The first-order valence-corrected chi connectivity index (χ1v) is 7.99. The average Bonchev–Trinajstić information content (AvgIpc) is 2.61. The largest absolute Gasteiger partial charge is 0.352 e. The van der Waals surface area contributed by atoms with Crippen molar-refractivity contribution >= 4 is 28.4 Å². The molecule has 1 aliphatic rings. The molecular formula is C12H15NO3S2. The molecule has 1 atom stereocenters. The predicted octanol–water partition coefficient (Wildman–Crippen LogP) is 0.821. The van der Waals surface area contributed by atoms with Crippen molar-refractivity contribution in [3.8, 4) is 0 Å². The molecule has 1 saturated heterocycles. The number of carbonyl (C=O) groups is 1. The summed E-state index contributed by atoms with van der Waals surface area (Å²) in [4.78, 5) is 12.6. The molecule has 4 nitrogen and oxygen atoms in total. The highest BCUT2D eigenvalue weighted by molar-refractivity contribution is 7.91. The molecule has 1 heterocycles. The summed E-state index contributed by atoms with van der Waals surface area (Å²) in [6, 6.07) is 7.10. The molecule has 2 rings (SSSR count). The Labute approximate surface area is 112 Å². The number of sulfone groups is 1. The van der Waals surface area contributed by atoms with Crippen molar-refractivity contribution in [2.45, 2.75) is 23.8 Å². The van der Waals surface area contributed by atoms with Crippen molar-refractivity contribution in [3.05, 3.63) is 29.8 Å². The second-order valence-electron chi connectivity index (χ2n) is 4.51.